The molecule has 1 heterocycles. The van der Waals surface area contributed by atoms with Gasteiger partial charge in [0.1, 0.15) is 11.5 Å². The quantitative estimate of drug-likeness (QED) is 0.506. The average molecular weight is 243 g/mol. The Morgan fingerprint density at radius 1 is 1.35 bits per heavy atom. The summed E-state index contributed by atoms with van der Waals surface area (Å²) >= 11 is 0. The fourth-order valence-corrected chi connectivity index (χ4v) is 1.54. The van der Waals surface area contributed by atoms with Crippen LogP contribution in [0.2, 0.25) is 0 Å². The zero-order valence-electron chi connectivity index (χ0n) is 10.5. The standard InChI is InChI=1S/C11H17NO5/c1-11(2,3)17-10(15)12-6-5-7(8(12)13)9(14)16-4/h7H,5-6H2,1-4H3. The van der Waals surface area contributed by atoms with Gasteiger partial charge in [0.25, 0.3) is 0 Å². The maximum Gasteiger partial charge on any atom is 0.417 e. The van der Waals surface area contributed by atoms with E-state index in [1.165, 1.54) is 7.11 Å². The Balaban J connectivity index is 2.67. The van der Waals surface area contributed by atoms with Crippen molar-refractivity contribution in [1.82, 2.24) is 4.90 Å². The number of hydrogen-bond acceptors (Lipinski definition) is 5. The number of carbonyl (C=O) groups excluding carboxylic acids is 3. The Morgan fingerprint density at radius 2 is 1.94 bits per heavy atom. The first kappa shape index (κ1) is 13.5. The van der Waals surface area contributed by atoms with Crippen molar-refractivity contribution in [1.29, 1.82) is 0 Å². The highest BCUT2D eigenvalue weighted by atomic mass is 16.6. The van der Waals surface area contributed by atoms with Crippen LogP contribution >= 0.6 is 0 Å². The van der Waals surface area contributed by atoms with Crippen molar-refractivity contribution in [2.24, 2.45) is 5.92 Å². The van der Waals surface area contributed by atoms with Crippen LogP contribution in [0.25, 0.3) is 0 Å². The van der Waals surface area contributed by atoms with Crippen LogP contribution in [-0.2, 0) is 19.1 Å². The lowest BCUT2D eigenvalue weighted by Crippen LogP contribution is -2.39. The second kappa shape index (κ2) is 4.73. The second-order valence-corrected chi connectivity index (χ2v) is 4.83. The summed E-state index contributed by atoms with van der Waals surface area (Å²) in [5, 5.41) is 0. The summed E-state index contributed by atoms with van der Waals surface area (Å²) in [6, 6.07) is 0. The Kier molecular flexibility index (Phi) is 3.75. The fraction of sp³-hybridized carbons (Fsp3) is 0.727. The molecule has 17 heavy (non-hydrogen) atoms. The molecule has 0 spiro atoms. The number of esters is 1. The molecule has 1 rings (SSSR count). The van der Waals surface area contributed by atoms with Gasteiger partial charge in [0.15, 0.2) is 0 Å². The van der Waals surface area contributed by atoms with Crippen molar-refractivity contribution in [2.75, 3.05) is 13.7 Å². The molecule has 0 N–H and O–H groups in total. The smallest absolute Gasteiger partial charge is 0.417 e. The van der Waals surface area contributed by atoms with Gasteiger partial charge in [-0.1, -0.05) is 0 Å². The van der Waals surface area contributed by atoms with E-state index < -0.39 is 29.5 Å². The van der Waals surface area contributed by atoms with Crippen LogP contribution in [-0.4, -0.2) is 42.1 Å². The third kappa shape index (κ3) is 3.18. The van der Waals surface area contributed by atoms with E-state index >= 15 is 0 Å². The van der Waals surface area contributed by atoms with Crippen molar-refractivity contribution in [3.05, 3.63) is 0 Å². The number of carbonyl (C=O) groups is 3. The SMILES string of the molecule is COC(=O)C1CCN(C(=O)OC(C)(C)C)C1=O. The van der Waals surface area contributed by atoms with E-state index in [0.717, 1.165) is 4.90 Å². The van der Waals surface area contributed by atoms with Gasteiger partial charge < -0.3 is 9.47 Å². The Morgan fingerprint density at radius 3 is 2.41 bits per heavy atom. The number of ether oxygens (including phenoxy) is 2. The molecule has 96 valence electrons. The van der Waals surface area contributed by atoms with Crippen LogP contribution in [0.4, 0.5) is 4.79 Å². The minimum atomic E-state index is -0.882. The molecule has 0 aliphatic carbocycles. The first-order valence-electron chi connectivity index (χ1n) is 5.38. The lowest BCUT2D eigenvalue weighted by Gasteiger charge is -2.23. The summed E-state index contributed by atoms with van der Waals surface area (Å²) in [7, 11) is 1.21. The molecule has 0 saturated carbocycles. The van der Waals surface area contributed by atoms with Gasteiger partial charge in [-0.15, -0.1) is 0 Å². The van der Waals surface area contributed by atoms with Crippen LogP contribution in [0, 0.1) is 5.92 Å². The highest BCUT2D eigenvalue weighted by Crippen LogP contribution is 2.21. The van der Waals surface area contributed by atoms with E-state index in [-0.39, 0.29) is 13.0 Å². The van der Waals surface area contributed by atoms with Crippen molar-refractivity contribution in [2.45, 2.75) is 32.8 Å². The summed E-state index contributed by atoms with van der Waals surface area (Å²) < 4.78 is 9.56. The Hall–Kier alpha value is -1.59. The van der Waals surface area contributed by atoms with Gasteiger partial charge in [-0.05, 0) is 27.2 Å². The fourth-order valence-electron chi connectivity index (χ4n) is 1.54. The van der Waals surface area contributed by atoms with Gasteiger partial charge >= 0.3 is 12.1 Å². The molecule has 1 atom stereocenters. The number of rotatable bonds is 1. The molecule has 1 aliphatic rings. The lowest BCUT2D eigenvalue weighted by molar-refractivity contribution is -0.150. The van der Waals surface area contributed by atoms with Crippen LogP contribution in [0.3, 0.4) is 0 Å². The van der Waals surface area contributed by atoms with Gasteiger partial charge in [-0.2, -0.15) is 0 Å². The van der Waals surface area contributed by atoms with Gasteiger partial charge in [-0.25, -0.2) is 9.69 Å². The second-order valence-electron chi connectivity index (χ2n) is 4.83. The Labute approximate surface area is 99.9 Å². The van der Waals surface area contributed by atoms with Crippen molar-refractivity contribution < 1.29 is 23.9 Å². The van der Waals surface area contributed by atoms with Crippen LogP contribution in [0.15, 0.2) is 0 Å². The summed E-state index contributed by atoms with van der Waals surface area (Å²) in [6.07, 6.45) is -0.431. The normalized spacial score (nSPS) is 20.4. The summed E-state index contributed by atoms with van der Waals surface area (Å²) in [5.41, 5.74) is -0.666. The largest absolute Gasteiger partial charge is 0.468 e. The molecule has 1 aliphatic heterocycles. The molecule has 6 nitrogen and oxygen atoms in total. The number of amides is 2. The van der Waals surface area contributed by atoms with E-state index in [1.54, 1.807) is 20.8 Å². The zero-order valence-corrected chi connectivity index (χ0v) is 10.5. The van der Waals surface area contributed by atoms with Crippen LogP contribution in [0.5, 0.6) is 0 Å². The van der Waals surface area contributed by atoms with E-state index in [1.807, 2.05) is 0 Å². The molecule has 1 unspecified atom stereocenters. The highest BCUT2D eigenvalue weighted by molar-refractivity contribution is 6.05. The van der Waals surface area contributed by atoms with Crippen molar-refractivity contribution in [3.63, 3.8) is 0 Å². The third-order valence-corrected chi connectivity index (χ3v) is 2.31. The maximum absolute atomic E-state index is 11.8. The van der Waals surface area contributed by atoms with Crippen LogP contribution in [0.1, 0.15) is 27.2 Å². The summed E-state index contributed by atoms with van der Waals surface area (Å²) in [5.74, 6) is -2.04. The number of imide groups is 1. The third-order valence-electron chi connectivity index (χ3n) is 2.31. The number of likely N-dealkylation sites (tertiary alicyclic amines) is 1. The van der Waals surface area contributed by atoms with E-state index in [2.05, 4.69) is 4.74 Å². The molecule has 0 radical (unpaired) electrons. The molecular formula is C11H17NO5. The number of nitrogens with zero attached hydrogens (tertiary/aromatic N) is 1. The molecule has 6 heteroatoms. The minimum Gasteiger partial charge on any atom is -0.468 e. The number of methoxy groups -OCH3 is 1. The predicted molar refractivity (Wildman–Crippen MR) is 58.1 cm³/mol. The van der Waals surface area contributed by atoms with Gasteiger partial charge in [-0.3, -0.25) is 9.59 Å². The first-order valence-corrected chi connectivity index (χ1v) is 5.38. The minimum absolute atomic E-state index is 0.188. The summed E-state index contributed by atoms with van der Waals surface area (Å²) in [6.45, 7) is 5.32. The summed E-state index contributed by atoms with van der Waals surface area (Å²) in [4.78, 5) is 35.6. The first-order chi connectivity index (χ1) is 7.76. The topological polar surface area (TPSA) is 72.9 Å². The monoisotopic (exact) mass is 243 g/mol. The molecule has 0 bridgehead atoms. The molecule has 1 fully saturated rings. The average Bonchev–Trinajstić information content (AvgIpc) is 2.56. The molecule has 0 aromatic carbocycles. The van der Waals surface area contributed by atoms with Gasteiger partial charge in [0, 0.05) is 6.54 Å². The Bertz CT molecular complexity index is 344. The predicted octanol–water partition coefficient (Wildman–Crippen LogP) is 0.943. The molecular weight excluding hydrogens is 226 g/mol. The van der Waals surface area contributed by atoms with Crippen molar-refractivity contribution in [3.8, 4) is 0 Å². The van der Waals surface area contributed by atoms with Gasteiger partial charge in [0.2, 0.25) is 5.91 Å². The maximum atomic E-state index is 11.8. The molecule has 2 amide bonds. The highest BCUT2D eigenvalue weighted by Gasteiger charge is 2.42. The molecule has 0 aromatic heterocycles. The van der Waals surface area contributed by atoms with Crippen molar-refractivity contribution >= 4 is 18.0 Å². The van der Waals surface area contributed by atoms with E-state index in [4.69, 9.17) is 4.74 Å². The van der Waals surface area contributed by atoms with Crippen LogP contribution < -0.4 is 0 Å². The zero-order chi connectivity index (χ0) is 13.2. The van der Waals surface area contributed by atoms with E-state index in [0.29, 0.717) is 0 Å². The lowest BCUT2D eigenvalue weighted by atomic mass is 10.1. The molecule has 1 saturated heterocycles. The van der Waals surface area contributed by atoms with Gasteiger partial charge in [0.05, 0.1) is 7.11 Å². The number of hydrogen-bond donors (Lipinski definition) is 0. The van der Waals surface area contributed by atoms with E-state index in [9.17, 15) is 14.4 Å². The molecule has 0 aromatic rings.